The number of hydrogen-bond acceptors (Lipinski definition) is 4. The molecule has 1 aromatic carbocycles. The van der Waals surface area contributed by atoms with Crippen LogP contribution in [0.3, 0.4) is 0 Å². The van der Waals surface area contributed by atoms with E-state index in [9.17, 15) is 0 Å². The number of aromatic amines is 1. The van der Waals surface area contributed by atoms with Gasteiger partial charge in [-0.2, -0.15) is 0 Å². The lowest BCUT2D eigenvalue weighted by atomic mass is 10.2. The summed E-state index contributed by atoms with van der Waals surface area (Å²) in [7, 11) is 0. The predicted octanol–water partition coefficient (Wildman–Crippen LogP) is 3.60. The molecule has 0 radical (unpaired) electrons. The summed E-state index contributed by atoms with van der Waals surface area (Å²) >= 11 is 0. The van der Waals surface area contributed by atoms with Gasteiger partial charge in [-0.05, 0) is 12.1 Å². The first kappa shape index (κ1) is 13.3. The van der Waals surface area contributed by atoms with Gasteiger partial charge in [0.25, 0.3) is 0 Å². The van der Waals surface area contributed by atoms with Gasteiger partial charge >= 0.3 is 0 Å². The van der Waals surface area contributed by atoms with Gasteiger partial charge in [-0.1, -0.05) is 30.3 Å². The third-order valence-corrected chi connectivity index (χ3v) is 3.51. The Bertz CT molecular complexity index is 899. The van der Waals surface area contributed by atoms with Crippen LogP contribution in [0.5, 0.6) is 0 Å². The normalized spacial score (nSPS) is 10.6. The van der Waals surface area contributed by atoms with Crippen LogP contribution < -0.4 is 0 Å². The number of rotatable bonds is 3. The van der Waals surface area contributed by atoms with E-state index >= 15 is 0 Å². The third-order valence-electron chi connectivity index (χ3n) is 3.51. The Morgan fingerprint density at radius 2 is 1.43 bits per heavy atom. The molecular formula is C18H13N5. The van der Waals surface area contributed by atoms with E-state index in [-0.39, 0.29) is 0 Å². The van der Waals surface area contributed by atoms with Gasteiger partial charge in [0.15, 0.2) is 5.82 Å². The fourth-order valence-electron chi connectivity index (χ4n) is 2.32. The van der Waals surface area contributed by atoms with Crippen molar-refractivity contribution in [2.24, 2.45) is 0 Å². The molecule has 0 aliphatic rings. The molecule has 0 bridgehead atoms. The van der Waals surface area contributed by atoms with E-state index < -0.39 is 0 Å². The number of pyridine rings is 1. The summed E-state index contributed by atoms with van der Waals surface area (Å²) in [5.74, 6) is 1.49. The van der Waals surface area contributed by atoms with E-state index in [1.807, 2.05) is 42.5 Å². The molecule has 0 unspecified atom stereocenters. The predicted molar refractivity (Wildman–Crippen MR) is 88.3 cm³/mol. The maximum absolute atomic E-state index is 4.44. The molecule has 23 heavy (non-hydrogen) atoms. The maximum Gasteiger partial charge on any atom is 0.159 e. The number of nitrogens with zero attached hydrogens (tertiary/aromatic N) is 4. The average Bonchev–Trinajstić information content (AvgIpc) is 3.14. The minimum atomic E-state index is 0.710. The Kier molecular flexibility index (Phi) is 3.37. The Balaban J connectivity index is 1.63. The number of nitrogens with one attached hydrogen (secondary N) is 1. The van der Waals surface area contributed by atoms with E-state index in [0.29, 0.717) is 5.82 Å². The van der Waals surface area contributed by atoms with Gasteiger partial charge in [0, 0.05) is 41.5 Å². The smallest absolute Gasteiger partial charge is 0.159 e. The molecule has 0 fully saturated rings. The Hall–Kier alpha value is -3.34. The summed E-state index contributed by atoms with van der Waals surface area (Å²) in [6, 6.07) is 13.8. The van der Waals surface area contributed by atoms with Crippen LogP contribution in [0.4, 0.5) is 0 Å². The summed E-state index contributed by atoms with van der Waals surface area (Å²) in [5, 5.41) is 0. The third kappa shape index (κ3) is 2.72. The molecular weight excluding hydrogens is 286 g/mol. The van der Waals surface area contributed by atoms with E-state index in [1.165, 1.54) is 0 Å². The van der Waals surface area contributed by atoms with Crippen LogP contribution in [0.25, 0.3) is 34.0 Å². The monoisotopic (exact) mass is 299 g/mol. The van der Waals surface area contributed by atoms with Gasteiger partial charge in [0.1, 0.15) is 5.82 Å². The Morgan fingerprint density at radius 1 is 0.652 bits per heavy atom. The lowest BCUT2D eigenvalue weighted by molar-refractivity contribution is 1.17. The van der Waals surface area contributed by atoms with Crippen molar-refractivity contribution >= 4 is 0 Å². The topological polar surface area (TPSA) is 67.3 Å². The molecule has 110 valence electrons. The second-order valence-electron chi connectivity index (χ2n) is 5.05. The van der Waals surface area contributed by atoms with Crippen LogP contribution in [0.2, 0.25) is 0 Å². The standard InChI is InChI=1S/C18H13N5/c1-2-5-13(6-3-1)17-20-10-15(11-21-17)16-12-22-18(23-16)14-7-4-8-19-9-14/h1-12H,(H,22,23). The number of H-pyrrole nitrogens is 1. The fourth-order valence-corrected chi connectivity index (χ4v) is 2.32. The van der Waals surface area contributed by atoms with E-state index in [0.717, 1.165) is 28.2 Å². The highest BCUT2D eigenvalue weighted by Crippen LogP contribution is 2.22. The Labute approximate surface area is 133 Å². The number of benzene rings is 1. The Morgan fingerprint density at radius 3 is 2.17 bits per heavy atom. The average molecular weight is 299 g/mol. The summed E-state index contributed by atoms with van der Waals surface area (Å²) in [6.07, 6.45) is 8.90. The van der Waals surface area contributed by atoms with Crippen LogP contribution >= 0.6 is 0 Å². The molecule has 4 aromatic rings. The second-order valence-corrected chi connectivity index (χ2v) is 5.05. The summed E-state index contributed by atoms with van der Waals surface area (Å²) in [5.41, 5.74) is 3.72. The highest BCUT2D eigenvalue weighted by Gasteiger charge is 2.07. The number of hydrogen-bond donors (Lipinski definition) is 1. The van der Waals surface area contributed by atoms with Crippen molar-refractivity contribution in [1.82, 2.24) is 24.9 Å². The molecule has 0 saturated heterocycles. The second kappa shape index (κ2) is 5.81. The van der Waals surface area contributed by atoms with Crippen molar-refractivity contribution in [1.29, 1.82) is 0 Å². The molecule has 0 spiro atoms. The van der Waals surface area contributed by atoms with Crippen LogP contribution in [-0.4, -0.2) is 24.9 Å². The molecule has 0 aliphatic carbocycles. The lowest BCUT2D eigenvalue weighted by Crippen LogP contribution is -1.89. The van der Waals surface area contributed by atoms with Crippen LogP contribution in [0, 0.1) is 0 Å². The molecule has 3 heterocycles. The fraction of sp³-hybridized carbons (Fsp3) is 0. The van der Waals surface area contributed by atoms with E-state index in [2.05, 4.69) is 24.9 Å². The molecule has 0 aliphatic heterocycles. The van der Waals surface area contributed by atoms with Crippen molar-refractivity contribution < 1.29 is 0 Å². The van der Waals surface area contributed by atoms with E-state index in [4.69, 9.17) is 0 Å². The van der Waals surface area contributed by atoms with Crippen molar-refractivity contribution in [2.45, 2.75) is 0 Å². The summed E-state index contributed by atoms with van der Waals surface area (Å²) in [4.78, 5) is 20.6. The first-order valence-corrected chi connectivity index (χ1v) is 7.23. The first-order chi connectivity index (χ1) is 11.4. The van der Waals surface area contributed by atoms with Gasteiger partial charge in [-0.25, -0.2) is 15.0 Å². The summed E-state index contributed by atoms with van der Waals surface area (Å²) < 4.78 is 0. The van der Waals surface area contributed by atoms with Gasteiger partial charge < -0.3 is 4.98 Å². The number of aromatic nitrogens is 5. The zero-order chi connectivity index (χ0) is 15.5. The molecule has 0 saturated carbocycles. The molecule has 0 amide bonds. The highest BCUT2D eigenvalue weighted by molar-refractivity contribution is 5.64. The first-order valence-electron chi connectivity index (χ1n) is 7.23. The molecule has 5 heteroatoms. The molecule has 1 N–H and O–H groups in total. The zero-order valence-electron chi connectivity index (χ0n) is 12.2. The molecule has 5 nitrogen and oxygen atoms in total. The highest BCUT2D eigenvalue weighted by atomic mass is 14.9. The summed E-state index contributed by atoms with van der Waals surface area (Å²) in [6.45, 7) is 0. The van der Waals surface area contributed by atoms with Gasteiger partial charge in [0.2, 0.25) is 0 Å². The zero-order valence-corrected chi connectivity index (χ0v) is 12.2. The van der Waals surface area contributed by atoms with Crippen LogP contribution in [-0.2, 0) is 0 Å². The quantitative estimate of drug-likeness (QED) is 0.627. The van der Waals surface area contributed by atoms with Crippen LogP contribution in [0.15, 0.2) is 73.4 Å². The molecule has 4 rings (SSSR count). The van der Waals surface area contributed by atoms with Crippen molar-refractivity contribution in [2.75, 3.05) is 0 Å². The minimum Gasteiger partial charge on any atom is -0.338 e. The van der Waals surface area contributed by atoms with Gasteiger partial charge in [-0.15, -0.1) is 0 Å². The maximum atomic E-state index is 4.44. The van der Waals surface area contributed by atoms with Crippen molar-refractivity contribution in [3.8, 4) is 34.0 Å². The lowest BCUT2D eigenvalue weighted by Gasteiger charge is -2.01. The minimum absolute atomic E-state index is 0.710. The van der Waals surface area contributed by atoms with Crippen molar-refractivity contribution in [3.05, 3.63) is 73.4 Å². The van der Waals surface area contributed by atoms with E-state index in [1.54, 1.807) is 31.0 Å². The van der Waals surface area contributed by atoms with Crippen molar-refractivity contribution in [3.63, 3.8) is 0 Å². The molecule has 0 atom stereocenters. The largest absolute Gasteiger partial charge is 0.338 e. The van der Waals surface area contributed by atoms with Gasteiger partial charge in [0.05, 0.1) is 11.9 Å². The SMILES string of the molecule is c1ccc(-c2ncc(-c3cnc(-c4cccnc4)[nH]3)cn2)cc1. The number of imidazole rings is 1. The van der Waals surface area contributed by atoms with Crippen LogP contribution in [0.1, 0.15) is 0 Å². The molecule has 3 aromatic heterocycles. The van der Waals surface area contributed by atoms with Gasteiger partial charge in [-0.3, -0.25) is 4.98 Å².